The van der Waals surface area contributed by atoms with Gasteiger partial charge in [0.15, 0.2) is 0 Å². The number of halogens is 3. The van der Waals surface area contributed by atoms with E-state index in [4.69, 9.17) is 0 Å². The van der Waals surface area contributed by atoms with Crippen molar-refractivity contribution in [3.8, 4) is 0 Å². The van der Waals surface area contributed by atoms with Crippen molar-refractivity contribution in [3.05, 3.63) is 23.4 Å². The van der Waals surface area contributed by atoms with Crippen LogP contribution in [0, 0.1) is 0 Å². The Morgan fingerprint density at radius 3 is 2.22 bits per heavy atom. The van der Waals surface area contributed by atoms with Gasteiger partial charge in [0.1, 0.15) is 25.8 Å². The highest BCUT2D eigenvalue weighted by Gasteiger charge is 2.04. The molecule has 0 fully saturated rings. The molecule has 0 aromatic rings. The third-order valence-electron chi connectivity index (χ3n) is 0.768. The van der Waals surface area contributed by atoms with Crippen LogP contribution >= 0.6 is 0 Å². The maximum atomic E-state index is 12.0. The second-order valence-corrected chi connectivity index (χ2v) is 2.70. The molecule has 1 aliphatic heterocycles. The molecule has 0 aliphatic carbocycles. The lowest BCUT2D eigenvalue weighted by Crippen LogP contribution is -1.98. The molecule has 0 saturated carbocycles. The van der Waals surface area contributed by atoms with E-state index in [0.717, 1.165) is 0 Å². The van der Waals surface area contributed by atoms with Crippen molar-refractivity contribution in [1.82, 2.24) is 0 Å². The molecule has 0 bridgehead atoms. The molecule has 0 saturated heterocycles. The van der Waals surface area contributed by atoms with E-state index in [1.165, 1.54) is 0 Å². The second-order valence-electron chi connectivity index (χ2n) is 1.49. The molecule has 0 N–H and O–H groups in total. The Morgan fingerprint density at radius 2 is 1.78 bits per heavy atom. The van der Waals surface area contributed by atoms with E-state index in [-0.39, 0.29) is 0 Å². The Bertz CT molecular complexity index is 168. The summed E-state index contributed by atoms with van der Waals surface area (Å²) in [5, 5.41) is 0. The Hall–Kier alpha value is -0.643. The van der Waals surface area contributed by atoms with Crippen molar-refractivity contribution in [3.63, 3.8) is 0 Å². The van der Waals surface area contributed by atoms with Gasteiger partial charge in [0, 0.05) is 12.2 Å². The Kier molecular flexibility index (Phi) is 1.66. The summed E-state index contributed by atoms with van der Waals surface area (Å²) in [5.74, 6) is -0.858. The molecule has 0 amide bonds. The van der Waals surface area contributed by atoms with Crippen molar-refractivity contribution in [2.24, 2.45) is 0 Å². The lowest BCUT2D eigenvalue weighted by Gasteiger charge is -1.93. The van der Waals surface area contributed by atoms with Crippen LogP contribution in [-0.4, -0.2) is 14.6 Å². The quantitative estimate of drug-likeness (QED) is 0.455. The van der Waals surface area contributed by atoms with Crippen LogP contribution in [0.4, 0.5) is 13.2 Å². The van der Waals surface area contributed by atoms with Crippen LogP contribution in [0.3, 0.4) is 0 Å². The van der Waals surface area contributed by atoms with Crippen LogP contribution in [-0.2, 0) is 0 Å². The number of hydrogen-bond donors (Lipinski definition) is 0. The predicted molar refractivity (Wildman–Crippen MR) is 30.3 cm³/mol. The molecule has 0 aromatic heterocycles. The van der Waals surface area contributed by atoms with E-state index in [1.54, 1.807) is 0 Å². The molecule has 0 spiro atoms. The minimum atomic E-state index is -0.858. The van der Waals surface area contributed by atoms with E-state index in [9.17, 15) is 13.2 Å². The van der Waals surface area contributed by atoms with Gasteiger partial charge in [-0.2, -0.15) is 0 Å². The summed E-state index contributed by atoms with van der Waals surface area (Å²) in [6.07, 6.45) is 1.36. The first-order valence-corrected chi connectivity index (χ1v) is 3.22. The van der Waals surface area contributed by atoms with Gasteiger partial charge in [0.05, 0.1) is 0 Å². The zero-order chi connectivity index (χ0) is 6.85. The van der Waals surface area contributed by atoms with Gasteiger partial charge in [-0.15, -0.1) is 0 Å². The highest BCUT2D eigenvalue weighted by Crippen LogP contribution is 2.08. The molecule has 9 heavy (non-hydrogen) atoms. The molecule has 0 nitrogen and oxygen atoms in total. The number of hydrogen-bond acceptors (Lipinski definition) is 0. The fourth-order valence-electron chi connectivity index (χ4n) is 0.470. The molecular formula is C5H2F3Si. The fraction of sp³-hybridized carbons (Fsp3) is 0. The Morgan fingerprint density at radius 1 is 1.11 bits per heavy atom. The first-order valence-electron chi connectivity index (χ1n) is 2.22. The lowest BCUT2D eigenvalue weighted by atomic mass is 10.5. The summed E-state index contributed by atoms with van der Waals surface area (Å²) in [4.78, 5) is 0. The second kappa shape index (κ2) is 2.30. The molecule has 4 heteroatoms. The maximum absolute atomic E-state index is 12.0. The average molecular weight is 147 g/mol. The molecule has 0 aromatic carbocycles. The SMILES string of the molecule is FC1=CC(F)=[Si]C(F)=C1. The van der Waals surface area contributed by atoms with Gasteiger partial charge < -0.3 is 0 Å². The van der Waals surface area contributed by atoms with E-state index in [0.29, 0.717) is 12.2 Å². The van der Waals surface area contributed by atoms with Crippen LogP contribution in [0.25, 0.3) is 0 Å². The van der Waals surface area contributed by atoms with E-state index < -0.39 is 25.8 Å². The molecule has 0 atom stereocenters. The van der Waals surface area contributed by atoms with E-state index >= 15 is 0 Å². The summed E-state index contributed by atoms with van der Waals surface area (Å²) in [6, 6.07) is 0. The summed E-state index contributed by atoms with van der Waals surface area (Å²) in [5.41, 5.74) is -1.49. The smallest absolute Gasteiger partial charge is 0.148 e. The van der Waals surface area contributed by atoms with Crippen molar-refractivity contribution in [1.29, 1.82) is 0 Å². The monoisotopic (exact) mass is 147 g/mol. The van der Waals surface area contributed by atoms with Gasteiger partial charge in [-0.25, -0.2) is 13.2 Å². The molecule has 1 aliphatic rings. The molecule has 1 rings (SSSR count). The van der Waals surface area contributed by atoms with Crippen LogP contribution in [0.15, 0.2) is 23.4 Å². The molecule has 1 radical (unpaired) electrons. The normalized spacial score (nSPS) is 18.3. The van der Waals surface area contributed by atoms with Crippen LogP contribution in [0.5, 0.6) is 0 Å². The minimum absolute atomic E-state index is 0.637. The molecule has 0 unspecified atom stereocenters. The van der Waals surface area contributed by atoms with Gasteiger partial charge in [0.2, 0.25) is 0 Å². The van der Waals surface area contributed by atoms with Crippen LogP contribution in [0.1, 0.15) is 0 Å². The van der Waals surface area contributed by atoms with Gasteiger partial charge in [-0.1, -0.05) is 0 Å². The first-order chi connectivity index (χ1) is 4.18. The molecule has 47 valence electrons. The summed E-state index contributed by atoms with van der Waals surface area (Å²) >= 11 is 0. The average Bonchev–Trinajstić information content (AvgIpc) is 1.59. The Labute approximate surface area is 52.1 Å². The lowest BCUT2D eigenvalue weighted by molar-refractivity contribution is 0.639. The van der Waals surface area contributed by atoms with Crippen LogP contribution in [0.2, 0.25) is 0 Å². The first kappa shape index (κ1) is 6.48. The van der Waals surface area contributed by atoms with Crippen molar-refractivity contribution >= 4 is 14.6 Å². The summed E-state index contributed by atoms with van der Waals surface area (Å²) in [7, 11) is -0.637. The highest BCUT2D eigenvalue weighted by atomic mass is 28.2. The topological polar surface area (TPSA) is 0 Å². The van der Waals surface area contributed by atoms with Gasteiger partial charge in [-0.05, 0) is 0 Å². The standard InChI is InChI=1S/C5H2F3Si/c6-3-1-4(7)9-5(8)2-3/h1-2H. The van der Waals surface area contributed by atoms with Crippen LogP contribution < -0.4 is 0 Å². The third-order valence-corrected chi connectivity index (χ3v) is 1.53. The van der Waals surface area contributed by atoms with Gasteiger partial charge in [0.25, 0.3) is 0 Å². The van der Waals surface area contributed by atoms with E-state index in [1.807, 2.05) is 0 Å². The predicted octanol–water partition coefficient (Wildman–Crippen LogP) is 1.47. The zero-order valence-corrected chi connectivity index (χ0v) is 5.29. The number of rotatable bonds is 0. The van der Waals surface area contributed by atoms with Gasteiger partial charge >= 0.3 is 0 Å². The summed E-state index contributed by atoms with van der Waals surface area (Å²) < 4.78 is 36.0. The van der Waals surface area contributed by atoms with E-state index in [2.05, 4.69) is 0 Å². The maximum Gasteiger partial charge on any atom is 0.148 e. The van der Waals surface area contributed by atoms with Crippen molar-refractivity contribution in [2.75, 3.05) is 0 Å². The van der Waals surface area contributed by atoms with Gasteiger partial charge in [-0.3, -0.25) is 0 Å². The summed E-state index contributed by atoms with van der Waals surface area (Å²) in [6.45, 7) is 0. The Balaban J connectivity index is 2.98. The van der Waals surface area contributed by atoms with Crippen molar-refractivity contribution in [2.45, 2.75) is 0 Å². The molecular weight excluding hydrogens is 145 g/mol. The molecule has 1 heterocycles. The number of allylic oxidation sites excluding steroid dienone is 3. The largest absolute Gasteiger partial charge is 0.213 e. The highest BCUT2D eigenvalue weighted by molar-refractivity contribution is 6.60. The zero-order valence-electron chi connectivity index (χ0n) is 4.29. The van der Waals surface area contributed by atoms with Crippen molar-refractivity contribution < 1.29 is 13.2 Å². The fourth-order valence-corrected chi connectivity index (χ4v) is 1.12. The minimum Gasteiger partial charge on any atom is -0.213 e. The third kappa shape index (κ3) is 1.64.